The smallest absolute Gasteiger partial charge is 0.337 e. The van der Waals surface area contributed by atoms with Gasteiger partial charge in [-0.1, -0.05) is 0 Å². The number of hydrogen-bond acceptors (Lipinski definition) is 8. The Kier molecular flexibility index (Phi) is 5.41. The van der Waals surface area contributed by atoms with Crippen LogP contribution >= 0.6 is 0 Å². The van der Waals surface area contributed by atoms with Crippen LogP contribution in [0.5, 0.6) is 0 Å². The van der Waals surface area contributed by atoms with E-state index in [1.807, 2.05) is 0 Å². The molecular weight excluding hydrogens is 376 g/mol. The molecule has 0 bridgehead atoms. The van der Waals surface area contributed by atoms with Crippen molar-refractivity contribution in [1.29, 1.82) is 0 Å². The van der Waals surface area contributed by atoms with Gasteiger partial charge in [0.25, 0.3) is 5.91 Å². The highest BCUT2D eigenvalue weighted by molar-refractivity contribution is 5.92. The second-order valence-corrected chi connectivity index (χ2v) is 6.88. The lowest BCUT2D eigenvalue weighted by molar-refractivity contribution is -0.181. The van der Waals surface area contributed by atoms with E-state index >= 15 is 0 Å². The molecule has 2 fully saturated rings. The molecule has 2 aromatic rings. The number of nitrogens with zero attached hydrogens (tertiary/aromatic N) is 3. The summed E-state index contributed by atoms with van der Waals surface area (Å²) in [4.78, 5) is 34.4. The van der Waals surface area contributed by atoms with Crippen LogP contribution in [0.15, 0.2) is 36.7 Å². The lowest BCUT2D eigenvalue weighted by Crippen LogP contribution is -2.47. The van der Waals surface area contributed by atoms with Gasteiger partial charge in [-0.05, 0) is 24.3 Å². The highest BCUT2D eigenvalue weighted by Gasteiger charge is 2.41. The van der Waals surface area contributed by atoms with Gasteiger partial charge in [0, 0.05) is 31.6 Å². The quantitative estimate of drug-likeness (QED) is 0.780. The van der Waals surface area contributed by atoms with Crippen LogP contribution in [0.3, 0.4) is 0 Å². The lowest BCUT2D eigenvalue weighted by atomic mass is 10.0. The van der Waals surface area contributed by atoms with Crippen molar-refractivity contribution in [1.82, 2.24) is 14.9 Å². The van der Waals surface area contributed by atoms with E-state index in [4.69, 9.17) is 9.47 Å². The summed E-state index contributed by atoms with van der Waals surface area (Å²) in [5, 5.41) is 3.08. The monoisotopic (exact) mass is 398 g/mol. The fourth-order valence-electron chi connectivity index (χ4n) is 3.46. The van der Waals surface area contributed by atoms with Gasteiger partial charge >= 0.3 is 5.97 Å². The van der Waals surface area contributed by atoms with Crippen LogP contribution in [0.25, 0.3) is 0 Å². The van der Waals surface area contributed by atoms with Gasteiger partial charge in [-0.2, -0.15) is 0 Å². The van der Waals surface area contributed by atoms with Crippen molar-refractivity contribution < 1.29 is 23.8 Å². The maximum atomic E-state index is 12.7. The second kappa shape index (κ2) is 8.14. The first-order chi connectivity index (χ1) is 14.1. The van der Waals surface area contributed by atoms with Crippen LogP contribution in [-0.4, -0.2) is 65.9 Å². The number of rotatable bonds is 4. The van der Waals surface area contributed by atoms with Gasteiger partial charge in [0.1, 0.15) is 11.5 Å². The van der Waals surface area contributed by atoms with Crippen LogP contribution in [-0.2, 0) is 14.2 Å². The number of nitrogens with one attached hydrogen (secondary N) is 1. The standard InChI is InChI=1S/C20H22N4O5/c1-27-19(26)14-2-4-15(5-3-14)23-17-13-21-16(12-22-17)18(25)24-8-6-20(7-9-24)28-10-11-29-20/h2-5,12-13H,6-11H2,1H3,(H,22,23). The number of anilines is 2. The number of aromatic nitrogens is 2. The molecule has 29 heavy (non-hydrogen) atoms. The highest BCUT2D eigenvalue weighted by Crippen LogP contribution is 2.31. The fourth-order valence-corrected chi connectivity index (χ4v) is 3.46. The molecule has 0 atom stereocenters. The van der Waals surface area contributed by atoms with Crippen LogP contribution < -0.4 is 5.32 Å². The average Bonchev–Trinajstić information content (AvgIpc) is 3.22. The Hall–Kier alpha value is -3.04. The molecule has 1 aromatic carbocycles. The Bertz CT molecular complexity index is 869. The molecule has 0 radical (unpaired) electrons. The lowest BCUT2D eigenvalue weighted by Gasteiger charge is -2.37. The molecule has 2 aliphatic rings. The molecule has 1 amide bonds. The fraction of sp³-hybridized carbons (Fsp3) is 0.400. The van der Waals surface area contributed by atoms with Crippen LogP contribution in [0.4, 0.5) is 11.5 Å². The SMILES string of the molecule is COC(=O)c1ccc(Nc2cnc(C(=O)N3CCC4(CC3)OCCO4)cn2)cc1. The molecule has 3 heterocycles. The van der Waals surface area contributed by atoms with Crippen molar-refractivity contribution >= 4 is 23.4 Å². The van der Waals surface area contributed by atoms with Crippen LogP contribution in [0.1, 0.15) is 33.7 Å². The summed E-state index contributed by atoms with van der Waals surface area (Å²) in [5.74, 6) is -0.564. The molecule has 0 unspecified atom stereocenters. The van der Waals surface area contributed by atoms with Gasteiger partial charge in [0.2, 0.25) is 0 Å². The number of esters is 1. The van der Waals surface area contributed by atoms with E-state index in [9.17, 15) is 9.59 Å². The summed E-state index contributed by atoms with van der Waals surface area (Å²) in [7, 11) is 1.34. The van der Waals surface area contributed by atoms with E-state index in [-0.39, 0.29) is 5.91 Å². The highest BCUT2D eigenvalue weighted by atomic mass is 16.7. The molecule has 0 saturated carbocycles. The van der Waals surface area contributed by atoms with Crippen molar-refractivity contribution in [3.8, 4) is 0 Å². The average molecular weight is 398 g/mol. The Labute approximate surface area is 168 Å². The number of carbonyl (C=O) groups is 2. The van der Waals surface area contributed by atoms with E-state index in [0.717, 1.165) is 5.69 Å². The molecule has 4 rings (SSSR count). The summed E-state index contributed by atoms with van der Waals surface area (Å²) >= 11 is 0. The first-order valence-corrected chi connectivity index (χ1v) is 9.43. The predicted octanol–water partition coefficient (Wildman–Crippen LogP) is 1.99. The maximum Gasteiger partial charge on any atom is 0.337 e. The summed E-state index contributed by atoms with van der Waals surface area (Å²) in [5.41, 5.74) is 1.49. The summed E-state index contributed by atoms with van der Waals surface area (Å²) in [6.45, 7) is 2.35. The first-order valence-electron chi connectivity index (χ1n) is 9.43. The number of hydrogen-bond donors (Lipinski definition) is 1. The van der Waals surface area contributed by atoms with Crippen molar-refractivity contribution in [3.05, 3.63) is 47.9 Å². The van der Waals surface area contributed by atoms with Crippen molar-refractivity contribution in [2.45, 2.75) is 18.6 Å². The number of amides is 1. The van der Waals surface area contributed by atoms with Gasteiger partial charge in [-0.25, -0.2) is 14.8 Å². The number of methoxy groups -OCH3 is 1. The minimum atomic E-state index is -0.514. The molecule has 2 aliphatic heterocycles. The number of carbonyl (C=O) groups excluding carboxylic acids is 2. The molecule has 2 saturated heterocycles. The summed E-state index contributed by atoms with van der Waals surface area (Å²) in [6, 6.07) is 6.79. The minimum absolute atomic E-state index is 0.153. The second-order valence-electron chi connectivity index (χ2n) is 6.88. The van der Waals surface area contributed by atoms with E-state index in [1.54, 1.807) is 29.2 Å². The molecule has 152 valence electrons. The van der Waals surface area contributed by atoms with Crippen molar-refractivity contribution in [3.63, 3.8) is 0 Å². The summed E-state index contributed by atoms with van der Waals surface area (Å²) < 4.78 is 16.1. The topological polar surface area (TPSA) is 103 Å². The number of ether oxygens (including phenoxy) is 3. The molecule has 9 heteroatoms. The normalized spacial score (nSPS) is 17.9. The van der Waals surface area contributed by atoms with Gasteiger partial charge < -0.3 is 24.4 Å². The predicted molar refractivity (Wildman–Crippen MR) is 103 cm³/mol. The van der Waals surface area contributed by atoms with Crippen LogP contribution in [0, 0.1) is 0 Å². The molecule has 0 aliphatic carbocycles. The van der Waals surface area contributed by atoms with Crippen molar-refractivity contribution in [2.24, 2.45) is 0 Å². The van der Waals surface area contributed by atoms with E-state index in [2.05, 4.69) is 20.0 Å². The Morgan fingerprint density at radius 2 is 1.76 bits per heavy atom. The third-order valence-electron chi connectivity index (χ3n) is 5.08. The minimum Gasteiger partial charge on any atom is -0.465 e. The Balaban J connectivity index is 1.35. The third-order valence-corrected chi connectivity index (χ3v) is 5.08. The molecule has 1 aromatic heterocycles. The number of likely N-dealkylation sites (tertiary alicyclic amines) is 1. The van der Waals surface area contributed by atoms with Gasteiger partial charge in [-0.3, -0.25) is 4.79 Å². The Morgan fingerprint density at radius 1 is 1.07 bits per heavy atom. The van der Waals surface area contributed by atoms with Crippen LogP contribution in [0.2, 0.25) is 0 Å². The molecule has 1 N–H and O–H groups in total. The van der Waals surface area contributed by atoms with Gasteiger partial charge in [0.05, 0.1) is 38.3 Å². The molecule has 9 nitrogen and oxygen atoms in total. The zero-order valence-electron chi connectivity index (χ0n) is 16.1. The van der Waals surface area contributed by atoms with E-state index in [1.165, 1.54) is 19.5 Å². The Morgan fingerprint density at radius 3 is 2.34 bits per heavy atom. The van der Waals surface area contributed by atoms with E-state index < -0.39 is 11.8 Å². The first kappa shape index (κ1) is 19.3. The molecular formula is C20H22N4O5. The van der Waals surface area contributed by atoms with Gasteiger partial charge in [0.15, 0.2) is 5.79 Å². The van der Waals surface area contributed by atoms with Gasteiger partial charge in [-0.15, -0.1) is 0 Å². The number of benzene rings is 1. The zero-order chi connectivity index (χ0) is 20.3. The summed E-state index contributed by atoms with van der Waals surface area (Å²) in [6.07, 6.45) is 4.29. The third kappa shape index (κ3) is 4.20. The largest absolute Gasteiger partial charge is 0.465 e. The zero-order valence-corrected chi connectivity index (χ0v) is 16.1. The van der Waals surface area contributed by atoms with E-state index in [0.29, 0.717) is 56.2 Å². The van der Waals surface area contributed by atoms with Crippen molar-refractivity contribution in [2.75, 3.05) is 38.7 Å². The number of piperidine rings is 1. The maximum absolute atomic E-state index is 12.7. The molecule has 1 spiro atoms.